The highest BCUT2D eigenvalue weighted by molar-refractivity contribution is 7.91. The molecular formula is C21H28N2O9S. The number of rotatable bonds is 9. The molecule has 11 nitrogen and oxygen atoms in total. The van der Waals surface area contributed by atoms with Crippen LogP contribution in [0.2, 0.25) is 0 Å². The molecule has 1 amide bonds. The average molecular weight is 485 g/mol. The minimum Gasteiger partial charge on any atom is -0.493 e. The van der Waals surface area contributed by atoms with E-state index in [1.54, 1.807) is 11.8 Å². The molecule has 0 radical (unpaired) electrons. The van der Waals surface area contributed by atoms with E-state index in [4.69, 9.17) is 14.2 Å². The number of methoxy groups -OCH3 is 1. The van der Waals surface area contributed by atoms with Crippen molar-refractivity contribution in [3.05, 3.63) is 27.8 Å². The zero-order valence-electron chi connectivity index (χ0n) is 18.7. The van der Waals surface area contributed by atoms with E-state index in [1.807, 2.05) is 0 Å². The zero-order chi connectivity index (χ0) is 24.2. The number of nitro benzene ring substituents is 1. The van der Waals surface area contributed by atoms with Crippen LogP contribution < -0.4 is 9.47 Å². The van der Waals surface area contributed by atoms with Gasteiger partial charge >= 0.3 is 5.97 Å². The van der Waals surface area contributed by atoms with Crippen LogP contribution >= 0.6 is 0 Å². The van der Waals surface area contributed by atoms with Crippen LogP contribution in [0.3, 0.4) is 0 Å². The number of esters is 1. The first-order valence-electron chi connectivity index (χ1n) is 10.8. The zero-order valence-corrected chi connectivity index (χ0v) is 19.5. The third kappa shape index (κ3) is 5.73. The Morgan fingerprint density at radius 3 is 2.39 bits per heavy atom. The number of benzene rings is 1. The Balaban J connectivity index is 1.78. The molecule has 2 aliphatic rings. The van der Waals surface area contributed by atoms with Crippen LogP contribution in [0, 0.1) is 10.1 Å². The van der Waals surface area contributed by atoms with Crippen molar-refractivity contribution in [1.29, 1.82) is 0 Å². The van der Waals surface area contributed by atoms with Crippen molar-refractivity contribution < 1.29 is 37.1 Å². The van der Waals surface area contributed by atoms with E-state index in [-0.39, 0.29) is 41.2 Å². The number of nitro groups is 1. The SMILES string of the molecule is CCOc1cc([N+](=O)[O-])c(C(=O)OCC(=O)N(C2CCCC2)C2CCS(=O)(=O)C2)cc1OC. The van der Waals surface area contributed by atoms with Crippen LogP contribution in [-0.2, 0) is 19.4 Å². The Morgan fingerprint density at radius 2 is 1.85 bits per heavy atom. The average Bonchev–Trinajstić information content (AvgIpc) is 3.42. The molecule has 1 aromatic carbocycles. The van der Waals surface area contributed by atoms with Gasteiger partial charge in [0.05, 0.1) is 36.2 Å². The summed E-state index contributed by atoms with van der Waals surface area (Å²) < 4.78 is 39.5. The standard InChI is InChI=1S/C21H28N2O9S/c1-3-31-19-11-17(23(26)27)16(10-18(19)30-2)21(25)32-12-20(24)22(14-6-4-5-7-14)15-8-9-33(28,29)13-15/h10-11,14-15H,3-9,12-13H2,1-2H3. The summed E-state index contributed by atoms with van der Waals surface area (Å²) in [6, 6.07) is 1.67. The Bertz CT molecular complexity index is 1020. The fraction of sp³-hybridized carbons (Fsp3) is 0.619. The second kappa shape index (κ2) is 10.4. The van der Waals surface area contributed by atoms with Crippen molar-refractivity contribution in [2.75, 3.05) is 31.8 Å². The highest BCUT2D eigenvalue weighted by Gasteiger charge is 2.39. The first-order valence-corrected chi connectivity index (χ1v) is 12.7. The number of amides is 1. The van der Waals surface area contributed by atoms with Crippen LogP contribution in [0.15, 0.2) is 12.1 Å². The molecule has 0 spiro atoms. The lowest BCUT2D eigenvalue weighted by Crippen LogP contribution is -2.48. The quantitative estimate of drug-likeness (QED) is 0.292. The first kappa shape index (κ1) is 24.7. The molecule has 0 N–H and O–H groups in total. The van der Waals surface area contributed by atoms with E-state index in [0.717, 1.165) is 37.8 Å². The third-order valence-electron chi connectivity index (χ3n) is 5.93. The monoisotopic (exact) mass is 484 g/mol. The molecule has 2 fully saturated rings. The van der Waals surface area contributed by atoms with E-state index in [9.17, 15) is 28.1 Å². The van der Waals surface area contributed by atoms with Crippen molar-refractivity contribution in [1.82, 2.24) is 4.90 Å². The maximum absolute atomic E-state index is 13.0. The van der Waals surface area contributed by atoms with Gasteiger partial charge < -0.3 is 19.1 Å². The molecular weight excluding hydrogens is 456 g/mol. The number of carbonyl (C=O) groups excluding carboxylic acids is 2. The van der Waals surface area contributed by atoms with Gasteiger partial charge in [-0.15, -0.1) is 0 Å². The van der Waals surface area contributed by atoms with Gasteiger partial charge in [0, 0.05) is 18.2 Å². The van der Waals surface area contributed by atoms with Gasteiger partial charge in [-0.05, 0) is 26.2 Å². The molecule has 182 valence electrons. The smallest absolute Gasteiger partial charge is 0.345 e. The molecule has 33 heavy (non-hydrogen) atoms. The predicted octanol–water partition coefficient (Wildman–Crippen LogP) is 2.12. The summed E-state index contributed by atoms with van der Waals surface area (Å²) in [5.41, 5.74) is -0.907. The van der Waals surface area contributed by atoms with Gasteiger partial charge in [-0.3, -0.25) is 14.9 Å². The van der Waals surface area contributed by atoms with Gasteiger partial charge in [0.1, 0.15) is 5.56 Å². The number of nitrogens with zero attached hydrogens (tertiary/aromatic N) is 2. The third-order valence-corrected chi connectivity index (χ3v) is 7.68. The molecule has 1 unspecified atom stereocenters. The van der Waals surface area contributed by atoms with Crippen molar-refractivity contribution >= 4 is 27.4 Å². The van der Waals surface area contributed by atoms with Gasteiger partial charge in [0.15, 0.2) is 27.9 Å². The topological polar surface area (TPSA) is 142 Å². The van der Waals surface area contributed by atoms with E-state index in [1.165, 1.54) is 7.11 Å². The Labute approximate surface area is 192 Å². The number of carbonyl (C=O) groups is 2. The highest BCUT2D eigenvalue weighted by atomic mass is 32.2. The van der Waals surface area contributed by atoms with Gasteiger partial charge in [0.2, 0.25) is 0 Å². The fourth-order valence-corrected chi connectivity index (χ4v) is 6.17. The maximum Gasteiger partial charge on any atom is 0.345 e. The molecule has 3 rings (SSSR count). The van der Waals surface area contributed by atoms with Gasteiger partial charge in [-0.25, -0.2) is 13.2 Å². The highest BCUT2D eigenvalue weighted by Crippen LogP contribution is 2.35. The summed E-state index contributed by atoms with van der Waals surface area (Å²) in [7, 11) is -1.88. The number of hydrogen-bond acceptors (Lipinski definition) is 9. The largest absolute Gasteiger partial charge is 0.493 e. The number of hydrogen-bond donors (Lipinski definition) is 0. The molecule has 1 heterocycles. The summed E-state index contributed by atoms with van der Waals surface area (Å²) >= 11 is 0. The van der Waals surface area contributed by atoms with E-state index < -0.39 is 45.0 Å². The molecule has 0 bridgehead atoms. The van der Waals surface area contributed by atoms with Gasteiger partial charge in [0.25, 0.3) is 11.6 Å². The lowest BCUT2D eigenvalue weighted by Gasteiger charge is -2.33. The normalized spacial score (nSPS) is 19.8. The van der Waals surface area contributed by atoms with Crippen LogP contribution in [0.4, 0.5) is 5.69 Å². The summed E-state index contributed by atoms with van der Waals surface area (Å²) in [5, 5.41) is 11.5. The van der Waals surface area contributed by atoms with E-state index in [0.29, 0.717) is 6.42 Å². The second-order valence-electron chi connectivity index (χ2n) is 8.08. The van der Waals surface area contributed by atoms with Crippen molar-refractivity contribution in [2.45, 2.75) is 51.1 Å². The molecule has 12 heteroatoms. The van der Waals surface area contributed by atoms with Crippen LogP contribution in [-0.4, -0.2) is 74.0 Å². The second-order valence-corrected chi connectivity index (χ2v) is 10.3. The van der Waals surface area contributed by atoms with Gasteiger partial charge in [-0.2, -0.15) is 0 Å². The molecule has 1 saturated heterocycles. The maximum atomic E-state index is 13.0. The van der Waals surface area contributed by atoms with E-state index >= 15 is 0 Å². The van der Waals surface area contributed by atoms with E-state index in [2.05, 4.69) is 0 Å². The first-order chi connectivity index (χ1) is 15.7. The van der Waals surface area contributed by atoms with Crippen LogP contribution in [0.5, 0.6) is 11.5 Å². The number of sulfone groups is 1. The van der Waals surface area contributed by atoms with Gasteiger partial charge in [-0.1, -0.05) is 12.8 Å². The number of ether oxygens (including phenoxy) is 3. The van der Waals surface area contributed by atoms with Crippen molar-refractivity contribution in [3.63, 3.8) is 0 Å². The Kier molecular flexibility index (Phi) is 7.77. The molecule has 1 saturated carbocycles. The molecule has 1 atom stereocenters. The Morgan fingerprint density at radius 1 is 1.15 bits per heavy atom. The predicted molar refractivity (Wildman–Crippen MR) is 117 cm³/mol. The van der Waals surface area contributed by atoms with Crippen molar-refractivity contribution in [2.24, 2.45) is 0 Å². The Hall–Kier alpha value is -2.89. The summed E-state index contributed by atoms with van der Waals surface area (Å²) in [6.07, 6.45) is 3.74. The molecule has 1 aliphatic carbocycles. The lowest BCUT2D eigenvalue weighted by molar-refractivity contribution is -0.385. The molecule has 1 aliphatic heterocycles. The molecule has 1 aromatic rings. The summed E-state index contributed by atoms with van der Waals surface area (Å²) in [5.74, 6) is -1.42. The lowest BCUT2D eigenvalue weighted by atomic mass is 10.1. The molecule has 0 aromatic heterocycles. The van der Waals surface area contributed by atoms with Crippen molar-refractivity contribution in [3.8, 4) is 11.5 Å². The summed E-state index contributed by atoms with van der Waals surface area (Å²) in [6.45, 7) is 1.29. The van der Waals surface area contributed by atoms with Crippen LogP contribution in [0.1, 0.15) is 49.4 Å². The van der Waals surface area contributed by atoms with Crippen LogP contribution in [0.25, 0.3) is 0 Å². The minimum atomic E-state index is -3.21. The summed E-state index contributed by atoms with van der Waals surface area (Å²) in [4.78, 5) is 38.0. The fourth-order valence-electron chi connectivity index (χ4n) is 4.45. The minimum absolute atomic E-state index is 0.0200.